The molecule has 42 heavy (non-hydrogen) atoms. The van der Waals surface area contributed by atoms with Gasteiger partial charge in [-0.05, 0) is 36.1 Å². The van der Waals surface area contributed by atoms with Crippen LogP contribution in [0.2, 0.25) is 0 Å². The molecule has 0 aliphatic carbocycles. The molecule has 4 heterocycles. The van der Waals surface area contributed by atoms with Gasteiger partial charge in [0.1, 0.15) is 0 Å². The molecule has 2 saturated heterocycles. The molecule has 0 N–H and O–H groups in total. The maximum absolute atomic E-state index is 14.4. The van der Waals surface area contributed by atoms with Crippen molar-refractivity contribution < 1.29 is 38.5 Å². The summed E-state index contributed by atoms with van der Waals surface area (Å²) in [6.45, 7) is 1.41. The van der Waals surface area contributed by atoms with Crippen molar-refractivity contribution in [2.45, 2.75) is 51.4 Å². The molecule has 2 aromatic rings. The summed E-state index contributed by atoms with van der Waals surface area (Å²) in [5.41, 5.74) is -3.86. The lowest BCUT2D eigenvalue weighted by Crippen LogP contribution is -2.75. The first kappa shape index (κ1) is 26.9. The van der Waals surface area contributed by atoms with Gasteiger partial charge in [-0.25, -0.2) is 19.2 Å². The summed E-state index contributed by atoms with van der Waals surface area (Å²) in [5, 5.41) is 23.1. The molecule has 0 saturated carbocycles. The summed E-state index contributed by atoms with van der Waals surface area (Å²) < 4.78 is 11.0. The van der Waals surface area contributed by atoms with E-state index in [9.17, 15) is 39.4 Å². The van der Waals surface area contributed by atoms with E-state index in [1.807, 2.05) is 0 Å². The van der Waals surface area contributed by atoms with E-state index in [1.54, 1.807) is 0 Å². The molecule has 2 aromatic carbocycles. The fourth-order valence-electron chi connectivity index (χ4n) is 6.54. The predicted octanol–water partition coefficient (Wildman–Crippen LogP) is 2.22. The van der Waals surface area contributed by atoms with Crippen LogP contribution in [0.4, 0.5) is 21.0 Å². The number of non-ortho nitro benzene ring substituents is 2. The number of benzene rings is 2. The molecule has 2 fully saturated rings. The van der Waals surface area contributed by atoms with Gasteiger partial charge in [0, 0.05) is 24.3 Å². The van der Waals surface area contributed by atoms with E-state index in [4.69, 9.17) is 9.47 Å². The van der Waals surface area contributed by atoms with E-state index in [1.165, 1.54) is 50.2 Å². The van der Waals surface area contributed by atoms with Gasteiger partial charge >= 0.3 is 24.0 Å². The lowest BCUT2D eigenvalue weighted by molar-refractivity contribution is -0.385. The summed E-state index contributed by atoms with van der Waals surface area (Å²) in [7, 11) is 0. The highest BCUT2D eigenvalue weighted by atomic mass is 16.6. The van der Waals surface area contributed by atoms with Crippen LogP contribution in [0.25, 0.3) is 0 Å². The van der Waals surface area contributed by atoms with Crippen molar-refractivity contribution in [3.63, 3.8) is 0 Å². The molecule has 0 bridgehead atoms. The number of hydrogen-bond donors (Lipinski definition) is 0. The highest BCUT2D eigenvalue weighted by Gasteiger charge is 2.87. The number of rotatable bonds is 6. The second-order valence-electron chi connectivity index (χ2n) is 10.1. The standard InChI is InChI=1S/C26H24N6O10/c1-3-41-21(33)25-26(22(34)42-4-2)28-12-16-6-8-20(32(39)40)10-18(16)14-30(26)23(35)27(25)11-15-5-7-19(31(37)38)9-17(15)13-29(25)24(28)36/h5-10H,3-4,11-14H2,1-2H3/t25-,26-/m0/s1. The third kappa shape index (κ3) is 3.16. The number of nitrogens with zero attached hydrogens (tertiary/aromatic N) is 6. The molecule has 4 aliphatic heterocycles. The number of hydrogen-bond acceptors (Lipinski definition) is 10. The topological polar surface area (TPSA) is 186 Å². The molecule has 0 unspecified atom stereocenters. The lowest BCUT2D eigenvalue weighted by Gasteiger charge is -2.43. The van der Waals surface area contributed by atoms with Crippen molar-refractivity contribution in [1.29, 1.82) is 0 Å². The zero-order chi connectivity index (χ0) is 30.1. The lowest BCUT2D eigenvalue weighted by atomic mass is 9.90. The van der Waals surface area contributed by atoms with Crippen molar-refractivity contribution >= 4 is 35.4 Å². The van der Waals surface area contributed by atoms with Gasteiger partial charge in [0.25, 0.3) is 22.7 Å². The van der Waals surface area contributed by atoms with E-state index in [0.29, 0.717) is 22.3 Å². The van der Waals surface area contributed by atoms with Gasteiger partial charge < -0.3 is 9.47 Å². The second kappa shape index (κ2) is 9.12. The summed E-state index contributed by atoms with van der Waals surface area (Å²) in [5.74, 6) is -2.13. The van der Waals surface area contributed by atoms with Crippen LogP contribution in [-0.4, -0.2) is 78.0 Å². The number of carbonyl (C=O) groups is 4. The van der Waals surface area contributed by atoms with Crippen molar-refractivity contribution in [2.24, 2.45) is 0 Å². The van der Waals surface area contributed by atoms with Crippen LogP contribution >= 0.6 is 0 Å². The van der Waals surface area contributed by atoms with Gasteiger partial charge in [0.05, 0.1) is 49.2 Å². The van der Waals surface area contributed by atoms with Crippen LogP contribution in [0, 0.1) is 20.2 Å². The molecule has 16 heteroatoms. The van der Waals surface area contributed by atoms with Crippen molar-refractivity contribution in [3.05, 3.63) is 78.9 Å². The molecule has 0 spiro atoms. The third-order valence-corrected chi connectivity index (χ3v) is 8.21. The van der Waals surface area contributed by atoms with Gasteiger partial charge in [-0.2, -0.15) is 0 Å². The average molecular weight is 581 g/mol. The summed E-state index contributed by atoms with van der Waals surface area (Å²) >= 11 is 0. The summed E-state index contributed by atoms with van der Waals surface area (Å²) in [6.07, 6.45) is 0. The number of ether oxygens (including phenoxy) is 2. The Labute approximate surface area is 237 Å². The molecular weight excluding hydrogens is 556 g/mol. The van der Waals surface area contributed by atoms with E-state index in [-0.39, 0.29) is 50.8 Å². The number of fused-ring (bicyclic) bond motifs is 2. The van der Waals surface area contributed by atoms with Crippen molar-refractivity contribution in [2.75, 3.05) is 13.2 Å². The van der Waals surface area contributed by atoms with Gasteiger partial charge in [0.2, 0.25) is 0 Å². The molecular formula is C26H24N6O10. The number of nitro groups is 2. The zero-order valence-electron chi connectivity index (χ0n) is 22.5. The molecule has 0 radical (unpaired) electrons. The normalized spacial score (nSPS) is 23.5. The largest absolute Gasteiger partial charge is 0.463 e. The number of nitro benzene ring substituents is 2. The number of urea groups is 2. The van der Waals surface area contributed by atoms with Gasteiger partial charge in [-0.15, -0.1) is 0 Å². The van der Waals surface area contributed by atoms with Crippen LogP contribution in [0.1, 0.15) is 36.1 Å². The van der Waals surface area contributed by atoms with E-state index in [2.05, 4.69) is 0 Å². The summed E-state index contributed by atoms with van der Waals surface area (Å²) in [6, 6.07) is 6.23. The molecule has 218 valence electrons. The predicted molar refractivity (Wildman–Crippen MR) is 138 cm³/mol. The van der Waals surface area contributed by atoms with Gasteiger partial charge in [0.15, 0.2) is 0 Å². The Kier molecular flexibility index (Phi) is 5.84. The average Bonchev–Trinajstić information content (AvgIpc) is 3.13. The van der Waals surface area contributed by atoms with Crippen molar-refractivity contribution in [1.82, 2.24) is 19.6 Å². The Morgan fingerprint density at radius 2 is 1.02 bits per heavy atom. The van der Waals surface area contributed by atoms with E-state index in [0.717, 1.165) is 19.6 Å². The Hall–Kier alpha value is -5.28. The first-order chi connectivity index (χ1) is 20.0. The highest BCUT2D eigenvalue weighted by molar-refractivity contribution is 6.09. The molecule has 6 rings (SSSR count). The zero-order valence-corrected chi connectivity index (χ0v) is 22.5. The van der Waals surface area contributed by atoms with Crippen LogP contribution in [0.5, 0.6) is 0 Å². The van der Waals surface area contributed by atoms with Crippen LogP contribution < -0.4 is 0 Å². The van der Waals surface area contributed by atoms with Gasteiger partial charge in [-0.3, -0.25) is 39.8 Å². The smallest absolute Gasteiger partial charge is 0.358 e. The third-order valence-electron chi connectivity index (χ3n) is 8.21. The molecule has 16 nitrogen and oxygen atoms in total. The van der Waals surface area contributed by atoms with E-state index < -0.39 is 45.2 Å². The maximum atomic E-state index is 14.4. The fraction of sp³-hybridized carbons (Fsp3) is 0.385. The second-order valence-corrected chi connectivity index (χ2v) is 10.1. The first-order valence-corrected chi connectivity index (χ1v) is 13.1. The minimum absolute atomic E-state index is 0.158. The molecule has 4 aliphatic rings. The SMILES string of the molecule is CCOC(=O)[C@]12N3Cc4ccc([N+](=O)[O-])cc4CN1C(=O)N1Cc4ccc([N+](=O)[O-])cc4CN(C3=O)[C@]12C(=O)OCC. The Morgan fingerprint density at radius 3 is 1.33 bits per heavy atom. The fourth-order valence-corrected chi connectivity index (χ4v) is 6.54. The molecule has 4 amide bonds. The Bertz CT molecular complexity index is 1490. The monoisotopic (exact) mass is 580 g/mol. The Balaban J connectivity index is 1.66. The van der Waals surface area contributed by atoms with Crippen LogP contribution in [0.15, 0.2) is 36.4 Å². The summed E-state index contributed by atoms with van der Waals surface area (Å²) in [4.78, 5) is 83.5. The minimum atomic E-state index is -2.40. The molecule has 0 aromatic heterocycles. The van der Waals surface area contributed by atoms with Crippen LogP contribution in [0.3, 0.4) is 0 Å². The maximum Gasteiger partial charge on any atom is 0.358 e. The minimum Gasteiger partial charge on any atom is -0.463 e. The molecule has 2 atom stereocenters. The van der Waals surface area contributed by atoms with Crippen molar-refractivity contribution in [3.8, 4) is 0 Å². The van der Waals surface area contributed by atoms with E-state index >= 15 is 0 Å². The number of carbonyl (C=O) groups excluding carboxylic acids is 4. The highest BCUT2D eigenvalue weighted by Crippen LogP contribution is 2.57. The van der Waals surface area contributed by atoms with Crippen LogP contribution in [-0.2, 0) is 45.2 Å². The Morgan fingerprint density at radius 1 is 0.690 bits per heavy atom. The number of amides is 4. The van der Waals surface area contributed by atoms with Gasteiger partial charge in [-0.1, -0.05) is 12.1 Å². The quantitative estimate of drug-likeness (QED) is 0.279. The first-order valence-electron chi connectivity index (χ1n) is 13.1. The number of esters is 2.